The minimum atomic E-state index is -0.725. The Morgan fingerprint density at radius 3 is 2.63 bits per heavy atom. The van der Waals surface area contributed by atoms with E-state index < -0.39 is 5.97 Å². The summed E-state index contributed by atoms with van der Waals surface area (Å²) in [7, 11) is 0. The highest BCUT2D eigenvalue weighted by Gasteiger charge is 2.55. The summed E-state index contributed by atoms with van der Waals surface area (Å²) in [6.45, 7) is 0.513. The Bertz CT molecular complexity index is 1500. The average Bonchev–Trinajstić information content (AvgIpc) is 3.19. The van der Waals surface area contributed by atoms with Gasteiger partial charge in [-0.25, -0.2) is 4.39 Å². The summed E-state index contributed by atoms with van der Waals surface area (Å²) in [6, 6.07) is 16.9. The number of aliphatic carboxylic acids is 1. The maximum atomic E-state index is 14.6. The number of fused-ring (bicyclic) bond motifs is 2. The monoisotopic (exact) mass is 534 g/mol. The fraction of sp³-hybridized carbons (Fsp3) is 0.286. The third-order valence-electron chi connectivity index (χ3n) is 7.76. The second-order valence-electron chi connectivity index (χ2n) is 10.1. The smallest absolute Gasteiger partial charge is 0.306 e. The van der Waals surface area contributed by atoms with Crippen molar-refractivity contribution < 1.29 is 19.1 Å². The molecule has 0 radical (unpaired) electrons. The molecule has 35 heavy (non-hydrogen) atoms. The lowest BCUT2D eigenvalue weighted by Crippen LogP contribution is -2.57. The molecule has 2 fully saturated rings. The number of carbonyl (C=O) groups is 2. The highest BCUT2D eigenvalue weighted by atomic mass is 79.9. The molecular formula is C28H24BrFN2O3. The molecule has 1 spiro atoms. The third-order valence-corrected chi connectivity index (χ3v) is 8.45. The van der Waals surface area contributed by atoms with Crippen LogP contribution in [0.4, 0.5) is 4.39 Å². The quantitative estimate of drug-likeness (QED) is 0.324. The maximum absolute atomic E-state index is 14.6. The lowest BCUT2D eigenvalue weighted by molar-refractivity contribution is -0.155. The van der Waals surface area contributed by atoms with Crippen molar-refractivity contribution in [2.45, 2.75) is 38.3 Å². The first-order chi connectivity index (χ1) is 16.8. The summed E-state index contributed by atoms with van der Waals surface area (Å²) >= 11 is 3.59. The van der Waals surface area contributed by atoms with Gasteiger partial charge in [-0.1, -0.05) is 40.2 Å². The number of benzene rings is 3. The number of carboxylic acid groups (broad SMARTS) is 1. The molecule has 5 nitrogen and oxygen atoms in total. The third kappa shape index (κ3) is 3.82. The molecule has 2 N–H and O–H groups in total. The van der Waals surface area contributed by atoms with E-state index in [2.05, 4.69) is 45.5 Å². The molecule has 1 amide bonds. The van der Waals surface area contributed by atoms with Crippen LogP contribution in [0.3, 0.4) is 0 Å². The number of halogens is 2. The molecule has 7 heteroatoms. The summed E-state index contributed by atoms with van der Waals surface area (Å²) in [5.74, 6) is -1.54. The van der Waals surface area contributed by atoms with Crippen LogP contribution in [0.2, 0.25) is 0 Å². The standard InChI is InChI=1S/C28H24BrFN2O3/c29-23-3-1-2-17-10-16(4-5-20(17)23)15-32-9-8-21-24(30)7-6-22(25(21)32)26(33)31-19-13-28(14-19)11-18(12-28)27(34)35/h1-10,18-19H,11-15H2,(H,31,33)(H,34,35). The van der Waals surface area contributed by atoms with Gasteiger partial charge in [-0.2, -0.15) is 0 Å². The zero-order valence-corrected chi connectivity index (χ0v) is 20.5. The lowest BCUT2D eigenvalue weighted by atomic mass is 9.50. The van der Waals surface area contributed by atoms with Crippen LogP contribution in [0.15, 0.2) is 65.3 Å². The van der Waals surface area contributed by atoms with E-state index in [1.807, 2.05) is 22.9 Å². The van der Waals surface area contributed by atoms with Gasteiger partial charge in [0.15, 0.2) is 0 Å². The van der Waals surface area contributed by atoms with E-state index >= 15 is 0 Å². The second-order valence-corrected chi connectivity index (χ2v) is 11.0. The Morgan fingerprint density at radius 1 is 1.06 bits per heavy atom. The minimum Gasteiger partial charge on any atom is -0.481 e. The summed E-state index contributed by atoms with van der Waals surface area (Å²) in [5.41, 5.74) is 2.17. The van der Waals surface area contributed by atoms with E-state index in [0.717, 1.165) is 33.7 Å². The van der Waals surface area contributed by atoms with Gasteiger partial charge in [-0.05, 0) is 77.8 Å². The van der Waals surface area contributed by atoms with E-state index in [9.17, 15) is 14.0 Å². The molecule has 0 unspecified atom stereocenters. The number of nitrogens with zero attached hydrogens (tertiary/aromatic N) is 1. The largest absolute Gasteiger partial charge is 0.481 e. The predicted octanol–water partition coefficient (Wildman–Crippen LogP) is 6.12. The van der Waals surface area contributed by atoms with E-state index in [4.69, 9.17) is 5.11 Å². The van der Waals surface area contributed by atoms with E-state index in [1.54, 1.807) is 12.1 Å². The number of aromatic nitrogens is 1. The van der Waals surface area contributed by atoms with Gasteiger partial charge in [0.1, 0.15) is 5.82 Å². The van der Waals surface area contributed by atoms with Gasteiger partial charge in [0.05, 0.1) is 17.0 Å². The van der Waals surface area contributed by atoms with Gasteiger partial charge >= 0.3 is 5.97 Å². The zero-order valence-electron chi connectivity index (χ0n) is 18.9. The molecule has 2 aliphatic carbocycles. The van der Waals surface area contributed by atoms with Crippen molar-refractivity contribution in [2.24, 2.45) is 11.3 Å². The van der Waals surface area contributed by atoms with Crippen LogP contribution in [-0.2, 0) is 11.3 Å². The number of hydrogen-bond donors (Lipinski definition) is 2. The van der Waals surface area contributed by atoms with Crippen molar-refractivity contribution in [3.63, 3.8) is 0 Å². The zero-order chi connectivity index (χ0) is 24.3. The van der Waals surface area contributed by atoms with E-state index in [-0.39, 0.29) is 29.1 Å². The first kappa shape index (κ1) is 22.3. The Kier molecular flexibility index (Phi) is 5.22. The van der Waals surface area contributed by atoms with Crippen molar-refractivity contribution in [3.8, 4) is 0 Å². The number of hydrogen-bond acceptors (Lipinski definition) is 2. The minimum absolute atomic E-state index is 0.0275. The molecule has 6 rings (SSSR count). The Hall–Kier alpha value is -3.19. The molecule has 0 saturated heterocycles. The number of amides is 1. The second kappa shape index (κ2) is 8.19. The average molecular weight is 535 g/mol. The summed E-state index contributed by atoms with van der Waals surface area (Å²) in [4.78, 5) is 24.3. The molecule has 178 valence electrons. The van der Waals surface area contributed by atoms with Crippen molar-refractivity contribution in [3.05, 3.63) is 82.2 Å². The fourth-order valence-electron chi connectivity index (χ4n) is 6.04. The summed E-state index contributed by atoms with van der Waals surface area (Å²) in [5, 5.41) is 14.9. The van der Waals surface area contributed by atoms with Crippen LogP contribution in [-0.4, -0.2) is 27.6 Å². The highest BCUT2D eigenvalue weighted by Crippen LogP contribution is 2.58. The van der Waals surface area contributed by atoms with Crippen LogP contribution in [0.25, 0.3) is 21.7 Å². The van der Waals surface area contributed by atoms with Crippen molar-refractivity contribution in [1.82, 2.24) is 9.88 Å². The normalized spacial score (nSPS) is 23.3. The van der Waals surface area contributed by atoms with Crippen LogP contribution in [0.5, 0.6) is 0 Å². The van der Waals surface area contributed by atoms with Gasteiger partial charge in [0.2, 0.25) is 0 Å². The number of rotatable bonds is 5. The molecule has 0 aliphatic heterocycles. The van der Waals surface area contributed by atoms with Crippen molar-refractivity contribution in [2.75, 3.05) is 0 Å². The number of carboxylic acids is 1. The molecule has 2 aliphatic rings. The molecule has 2 saturated carbocycles. The van der Waals surface area contributed by atoms with Gasteiger partial charge in [-0.15, -0.1) is 0 Å². The molecule has 1 heterocycles. The Balaban J connectivity index is 1.24. The Morgan fingerprint density at radius 2 is 1.86 bits per heavy atom. The molecule has 3 aromatic carbocycles. The van der Waals surface area contributed by atoms with E-state index in [1.165, 1.54) is 6.07 Å². The first-order valence-corrected chi connectivity index (χ1v) is 12.6. The molecule has 0 bridgehead atoms. The van der Waals surface area contributed by atoms with Crippen molar-refractivity contribution >= 4 is 49.5 Å². The topological polar surface area (TPSA) is 71.3 Å². The maximum Gasteiger partial charge on any atom is 0.306 e. The van der Waals surface area contributed by atoms with Gasteiger partial charge in [0.25, 0.3) is 5.91 Å². The predicted molar refractivity (Wildman–Crippen MR) is 136 cm³/mol. The van der Waals surface area contributed by atoms with Crippen LogP contribution in [0.1, 0.15) is 41.6 Å². The summed E-state index contributed by atoms with van der Waals surface area (Å²) in [6.07, 6.45) is 4.83. The Labute approximate surface area is 210 Å². The van der Waals surface area contributed by atoms with Gasteiger partial charge < -0.3 is 15.0 Å². The van der Waals surface area contributed by atoms with E-state index in [0.29, 0.717) is 35.9 Å². The van der Waals surface area contributed by atoms with Crippen molar-refractivity contribution in [1.29, 1.82) is 0 Å². The van der Waals surface area contributed by atoms with Crippen LogP contribution < -0.4 is 5.32 Å². The lowest BCUT2D eigenvalue weighted by Gasteiger charge is -2.56. The molecular weight excluding hydrogens is 511 g/mol. The highest BCUT2D eigenvalue weighted by molar-refractivity contribution is 9.10. The van der Waals surface area contributed by atoms with Gasteiger partial charge in [-0.3, -0.25) is 9.59 Å². The SMILES string of the molecule is O=C(NC1CC2(C1)CC(C(=O)O)C2)c1ccc(F)c2ccn(Cc3ccc4c(Br)cccc4c3)c12. The number of nitrogens with one attached hydrogen (secondary N) is 1. The fourth-order valence-corrected chi connectivity index (χ4v) is 6.55. The van der Waals surface area contributed by atoms with Crippen LogP contribution >= 0.6 is 15.9 Å². The number of carbonyl (C=O) groups excluding carboxylic acids is 1. The summed E-state index contributed by atoms with van der Waals surface area (Å²) < 4.78 is 17.6. The molecule has 1 aromatic heterocycles. The molecule has 0 atom stereocenters. The van der Waals surface area contributed by atoms with Crippen LogP contribution in [0, 0.1) is 17.2 Å². The first-order valence-electron chi connectivity index (χ1n) is 11.8. The molecule has 4 aromatic rings. The van der Waals surface area contributed by atoms with Gasteiger partial charge in [0, 0.05) is 28.6 Å².